The molecule has 2 N–H and O–H groups in total. The van der Waals surface area contributed by atoms with E-state index in [0.29, 0.717) is 6.04 Å². The molecule has 0 aromatic heterocycles. The monoisotopic (exact) mass is 213 g/mol. The van der Waals surface area contributed by atoms with Crippen LogP contribution in [0.3, 0.4) is 0 Å². The highest BCUT2D eigenvalue weighted by Gasteiger charge is 2.40. The van der Waals surface area contributed by atoms with Gasteiger partial charge in [0.1, 0.15) is 6.10 Å². The van der Waals surface area contributed by atoms with Crippen LogP contribution in [-0.4, -0.2) is 35.4 Å². The van der Waals surface area contributed by atoms with Gasteiger partial charge in [0.15, 0.2) is 0 Å². The average Bonchev–Trinajstić information content (AvgIpc) is 2.40. The van der Waals surface area contributed by atoms with Gasteiger partial charge < -0.3 is 15.2 Å². The first-order valence-electron chi connectivity index (χ1n) is 5.71. The quantitative estimate of drug-likeness (QED) is 0.653. The van der Waals surface area contributed by atoms with Crippen molar-refractivity contribution in [3.05, 3.63) is 0 Å². The van der Waals surface area contributed by atoms with Gasteiger partial charge in [-0.3, -0.25) is 4.79 Å². The Morgan fingerprint density at radius 2 is 2.13 bits per heavy atom. The molecular weight excluding hydrogens is 194 g/mol. The predicted octanol–water partition coefficient (Wildman–Crippen LogP) is 0.439. The zero-order chi connectivity index (χ0) is 11.0. The molecule has 2 rings (SSSR count). The molecule has 0 aromatic rings. The fraction of sp³-hybridized carbons (Fsp3) is 0.909. The van der Waals surface area contributed by atoms with Crippen LogP contribution < -0.4 is 5.32 Å². The summed E-state index contributed by atoms with van der Waals surface area (Å²) in [6, 6.07) is 0.442. The summed E-state index contributed by atoms with van der Waals surface area (Å²) in [4.78, 5) is 11.4. The highest BCUT2D eigenvalue weighted by molar-refractivity contribution is 5.71. The molecule has 2 fully saturated rings. The SMILES string of the molecule is CC(C)C(=O)O[C@@H]1CC2C[C@@H](O)C(C1)N2. The van der Waals surface area contributed by atoms with Crippen molar-refractivity contribution in [2.75, 3.05) is 0 Å². The molecule has 0 aliphatic carbocycles. The standard InChI is InChI=1S/C11H19NO3/c1-6(2)11(14)15-8-3-7-4-10(13)9(5-8)12-7/h6-10,12-13H,3-5H2,1-2H3/t7?,8-,9?,10-/m1/s1. The summed E-state index contributed by atoms with van der Waals surface area (Å²) in [6.07, 6.45) is 2.11. The third-order valence-electron chi connectivity index (χ3n) is 3.26. The Bertz CT molecular complexity index is 252. The molecule has 2 saturated heterocycles. The molecule has 2 bridgehead atoms. The van der Waals surface area contributed by atoms with E-state index < -0.39 is 0 Å². The van der Waals surface area contributed by atoms with Crippen molar-refractivity contribution < 1.29 is 14.6 Å². The molecule has 15 heavy (non-hydrogen) atoms. The highest BCUT2D eigenvalue weighted by Crippen LogP contribution is 2.29. The van der Waals surface area contributed by atoms with Gasteiger partial charge in [-0.2, -0.15) is 0 Å². The number of carbonyl (C=O) groups is 1. The first kappa shape index (κ1) is 10.9. The zero-order valence-corrected chi connectivity index (χ0v) is 9.27. The molecule has 2 unspecified atom stereocenters. The molecule has 0 amide bonds. The second-order valence-corrected chi connectivity index (χ2v) is 4.96. The van der Waals surface area contributed by atoms with Crippen LogP contribution >= 0.6 is 0 Å². The highest BCUT2D eigenvalue weighted by atomic mass is 16.5. The Balaban J connectivity index is 1.88. The van der Waals surface area contributed by atoms with Gasteiger partial charge in [0.25, 0.3) is 0 Å². The van der Waals surface area contributed by atoms with Crippen LogP contribution in [0.2, 0.25) is 0 Å². The summed E-state index contributed by atoms with van der Waals surface area (Å²) >= 11 is 0. The van der Waals surface area contributed by atoms with Gasteiger partial charge >= 0.3 is 5.97 Å². The van der Waals surface area contributed by atoms with Crippen molar-refractivity contribution >= 4 is 5.97 Å². The van der Waals surface area contributed by atoms with Gasteiger partial charge in [-0.1, -0.05) is 13.8 Å². The van der Waals surface area contributed by atoms with Crippen molar-refractivity contribution in [2.24, 2.45) is 5.92 Å². The average molecular weight is 213 g/mol. The molecular formula is C11H19NO3. The maximum atomic E-state index is 11.4. The molecule has 2 heterocycles. The van der Waals surface area contributed by atoms with Gasteiger partial charge in [-0.25, -0.2) is 0 Å². The van der Waals surface area contributed by atoms with E-state index in [1.165, 1.54) is 0 Å². The Morgan fingerprint density at radius 1 is 1.40 bits per heavy atom. The summed E-state index contributed by atoms with van der Waals surface area (Å²) < 4.78 is 5.39. The maximum Gasteiger partial charge on any atom is 0.308 e. The van der Waals surface area contributed by atoms with Crippen molar-refractivity contribution in [1.82, 2.24) is 5.32 Å². The number of piperidine rings is 1. The van der Waals surface area contributed by atoms with Gasteiger partial charge in [0.05, 0.1) is 12.0 Å². The number of aliphatic hydroxyl groups excluding tert-OH is 1. The third kappa shape index (κ3) is 2.32. The van der Waals surface area contributed by atoms with Crippen molar-refractivity contribution in [3.8, 4) is 0 Å². The molecule has 0 radical (unpaired) electrons. The molecule has 4 heteroatoms. The lowest BCUT2D eigenvalue weighted by Gasteiger charge is -2.29. The fourth-order valence-corrected chi connectivity index (χ4v) is 2.42. The topological polar surface area (TPSA) is 58.6 Å². The van der Waals surface area contributed by atoms with Crippen LogP contribution in [0, 0.1) is 5.92 Å². The summed E-state index contributed by atoms with van der Waals surface area (Å²) in [5.41, 5.74) is 0. The predicted molar refractivity (Wildman–Crippen MR) is 55.3 cm³/mol. The normalized spacial score (nSPS) is 39.5. The van der Waals surface area contributed by atoms with Crippen LogP contribution in [0.1, 0.15) is 33.1 Å². The summed E-state index contributed by atoms with van der Waals surface area (Å²) in [7, 11) is 0. The van der Waals surface area contributed by atoms with E-state index >= 15 is 0 Å². The minimum atomic E-state index is -0.266. The maximum absolute atomic E-state index is 11.4. The molecule has 0 saturated carbocycles. The summed E-state index contributed by atoms with van der Waals surface area (Å²) in [5.74, 6) is -0.196. The Morgan fingerprint density at radius 3 is 2.73 bits per heavy atom. The van der Waals surface area contributed by atoms with E-state index in [1.807, 2.05) is 13.8 Å². The van der Waals surface area contributed by atoms with E-state index in [0.717, 1.165) is 19.3 Å². The lowest BCUT2D eigenvalue weighted by Crippen LogP contribution is -2.44. The second kappa shape index (κ2) is 4.10. The lowest BCUT2D eigenvalue weighted by atomic mass is 10.0. The molecule has 4 atom stereocenters. The van der Waals surface area contributed by atoms with Gasteiger partial charge in [0, 0.05) is 18.5 Å². The zero-order valence-electron chi connectivity index (χ0n) is 9.27. The number of carbonyl (C=O) groups excluding carboxylic acids is 1. The van der Waals surface area contributed by atoms with E-state index in [2.05, 4.69) is 5.32 Å². The number of nitrogens with one attached hydrogen (secondary N) is 1. The van der Waals surface area contributed by atoms with Crippen LogP contribution in [0.15, 0.2) is 0 Å². The first-order valence-corrected chi connectivity index (χ1v) is 5.71. The van der Waals surface area contributed by atoms with Crippen LogP contribution in [-0.2, 0) is 9.53 Å². The van der Waals surface area contributed by atoms with E-state index in [9.17, 15) is 9.90 Å². The number of hydrogen-bond donors (Lipinski definition) is 2. The van der Waals surface area contributed by atoms with Gasteiger partial charge in [-0.15, -0.1) is 0 Å². The van der Waals surface area contributed by atoms with E-state index in [-0.39, 0.29) is 30.1 Å². The summed E-state index contributed by atoms with van der Waals surface area (Å²) in [5, 5.41) is 13.0. The van der Waals surface area contributed by atoms with E-state index in [4.69, 9.17) is 4.74 Å². The number of esters is 1. The number of rotatable bonds is 2. The minimum Gasteiger partial charge on any atom is -0.462 e. The van der Waals surface area contributed by atoms with Crippen LogP contribution in [0.25, 0.3) is 0 Å². The smallest absolute Gasteiger partial charge is 0.308 e. The second-order valence-electron chi connectivity index (χ2n) is 4.96. The van der Waals surface area contributed by atoms with E-state index in [1.54, 1.807) is 0 Å². The van der Waals surface area contributed by atoms with Crippen molar-refractivity contribution in [2.45, 2.75) is 57.4 Å². The van der Waals surface area contributed by atoms with Crippen LogP contribution in [0.4, 0.5) is 0 Å². The number of hydrogen-bond acceptors (Lipinski definition) is 4. The third-order valence-corrected chi connectivity index (χ3v) is 3.26. The Kier molecular flexibility index (Phi) is 2.98. The molecule has 2 aliphatic rings. The van der Waals surface area contributed by atoms with Gasteiger partial charge in [-0.05, 0) is 12.8 Å². The largest absolute Gasteiger partial charge is 0.462 e. The minimum absolute atomic E-state index is 0.00620. The summed E-state index contributed by atoms with van der Waals surface area (Å²) in [6.45, 7) is 3.68. The molecule has 4 nitrogen and oxygen atoms in total. The molecule has 2 aliphatic heterocycles. The molecule has 86 valence electrons. The Labute approximate surface area is 90.0 Å². The molecule has 0 aromatic carbocycles. The van der Waals surface area contributed by atoms with Gasteiger partial charge in [0.2, 0.25) is 0 Å². The fourth-order valence-electron chi connectivity index (χ4n) is 2.42. The number of fused-ring (bicyclic) bond motifs is 2. The first-order chi connectivity index (χ1) is 7.06. The number of aliphatic hydroxyl groups is 1. The van der Waals surface area contributed by atoms with Crippen LogP contribution in [0.5, 0.6) is 0 Å². The lowest BCUT2D eigenvalue weighted by molar-refractivity contribution is -0.154. The molecule has 0 spiro atoms. The Hall–Kier alpha value is -0.610. The van der Waals surface area contributed by atoms with Crippen molar-refractivity contribution in [3.63, 3.8) is 0 Å². The van der Waals surface area contributed by atoms with Crippen molar-refractivity contribution in [1.29, 1.82) is 0 Å². The number of ether oxygens (including phenoxy) is 1.